The van der Waals surface area contributed by atoms with Crippen LogP contribution in [0.4, 0.5) is 0 Å². The van der Waals surface area contributed by atoms with Crippen molar-refractivity contribution in [3.63, 3.8) is 0 Å². The molecule has 0 atom stereocenters. The summed E-state index contributed by atoms with van der Waals surface area (Å²) in [5.41, 5.74) is 2.80. The van der Waals surface area contributed by atoms with Crippen molar-refractivity contribution < 1.29 is 24.6 Å². The summed E-state index contributed by atoms with van der Waals surface area (Å²) in [4.78, 5) is 25.9. The van der Waals surface area contributed by atoms with Gasteiger partial charge in [-0.3, -0.25) is 9.63 Å². The lowest BCUT2D eigenvalue weighted by atomic mass is 10.1. The van der Waals surface area contributed by atoms with Crippen molar-refractivity contribution in [3.8, 4) is 5.75 Å². The van der Waals surface area contributed by atoms with Gasteiger partial charge < -0.3 is 10.2 Å². The maximum Gasteiger partial charge on any atom is 0.332 e. The highest BCUT2D eigenvalue weighted by Crippen LogP contribution is 2.16. The van der Waals surface area contributed by atoms with Gasteiger partial charge in [-0.1, -0.05) is 0 Å². The van der Waals surface area contributed by atoms with E-state index in [0.717, 1.165) is 0 Å². The molecule has 3 N–H and O–H groups in total. The van der Waals surface area contributed by atoms with Gasteiger partial charge in [0, 0.05) is 5.56 Å². The number of carboxylic acids is 1. The topological polar surface area (TPSA) is 95.9 Å². The number of hydrogen-bond donors (Lipinski definition) is 3. The number of benzene rings is 1. The van der Waals surface area contributed by atoms with Crippen LogP contribution in [0.5, 0.6) is 5.75 Å². The average molecular weight is 225 g/mol. The lowest BCUT2D eigenvalue weighted by Crippen LogP contribution is -2.26. The number of nitrogens with one attached hydrogen (secondary N) is 1. The molecule has 0 spiro atoms. The molecular formula is C10H11NO5. The molecule has 1 aromatic carbocycles. The van der Waals surface area contributed by atoms with Gasteiger partial charge in [0.2, 0.25) is 0 Å². The molecule has 1 aromatic rings. The Hall–Kier alpha value is -2.08. The van der Waals surface area contributed by atoms with E-state index >= 15 is 0 Å². The largest absolute Gasteiger partial charge is 0.508 e. The van der Waals surface area contributed by atoms with Crippen molar-refractivity contribution in [1.82, 2.24) is 5.48 Å². The normalized spacial score (nSPS) is 9.81. The predicted octanol–water partition coefficient (Wildman–Crippen LogP) is 0.447. The SMILES string of the molecule is Cc1cc(C(=O)NOCC(=O)O)ccc1O. The number of carbonyl (C=O) groups excluding carboxylic acids is 1. The molecule has 0 saturated carbocycles. The molecular weight excluding hydrogens is 214 g/mol. The van der Waals surface area contributed by atoms with Crippen molar-refractivity contribution in [1.29, 1.82) is 0 Å². The summed E-state index contributed by atoms with van der Waals surface area (Å²) < 4.78 is 0. The van der Waals surface area contributed by atoms with Crippen molar-refractivity contribution in [2.75, 3.05) is 6.61 Å². The highest BCUT2D eigenvalue weighted by Gasteiger charge is 2.08. The van der Waals surface area contributed by atoms with Crippen LogP contribution in [0.25, 0.3) is 0 Å². The van der Waals surface area contributed by atoms with E-state index in [-0.39, 0.29) is 11.3 Å². The molecule has 0 radical (unpaired) electrons. The Morgan fingerprint density at radius 3 is 2.69 bits per heavy atom. The Morgan fingerprint density at radius 2 is 2.12 bits per heavy atom. The standard InChI is InChI=1S/C10H11NO5/c1-6-4-7(2-3-8(6)12)10(15)11-16-5-9(13)14/h2-4,12H,5H2,1H3,(H,11,15)(H,13,14). The van der Waals surface area contributed by atoms with Crippen molar-refractivity contribution >= 4 is 11.9 Å². The summed E-state index contributed by atoms with van der Waals surface area (Å²) in [6.07, 6.45) is 0. The zero-order valence-corrected chi connectivity index (χ0v) is 8.56. The van der Waals surface area contributed by atoms with Crippen LogP contribution in [0.3, 0.4) is 0 Å². The van der Waals surface area contributed by atoms with Crippen molar-refractivity contribution in [2.45, 2.75) is 6.92 Å². The first-order valence-corrected chi connectivity index (χ1v) is 4.44. The van der Waals surface area contributed by atoms with Crippen LogP contribution in [-0.4, -0.2) is 28.7 Å². The second kappa shape index (κ2) is 5.13. The summed E-state index contributed by atoms with van der Waals surface area (Å²) >= 11 is 0. The molecule has 0 saturated heterocycles. The van der Waals surface area contributed by atoms with Gasteiger partial charge in [-0.2, -0.15) is 0 Å². The molecule has 86 valence electrons. The first kappa shape index (κ1) is 12.0. The van der Waals surface area contributed by atoms with Gasteiger partial charge in [-0.25, -0.2) is 10.3 Å². The highest BCUT2D eigenvalue weighted by molar-refractivity contribution is 5.93. The Kier molecular flexibility index (Phi) is 3.84. The van der Waals surface area contributed by atoms with E-state index in [2.05, 4.69) is 4.84 Å². The lowest BCUT2D eigenvalue weighted by molar-refractivity contribution is -0.144. The lowest BCUT2D eigenvalue weighted by Gasteiger charge is -2.05. The number of rotatable bonds is 4. The second-order valence-corrected chi connectivity index (χ2v) is 3.11. The molecule has 0 aliphatic heterocycles. The van der Waals surface area contributed by atoms with Gasteiger partial charge in [-0.05, 0) is 30.7 Å². The summed E-state index contributed by atoms with van der Waals surface area (Å²) in [6, 6.07) is 4.25. The summed E-state index contributed by atoms with van der Waals surface area (Å²) in [7, 11) is 0. The minimum absolute atomic E-state index is 0.0861. The third-order valence-electron chi connectivity index (χ3n) is 1.82. The fraction of sp³-hybridized carbons (Fsp3) is 0.200. The Bertz CT molecular complexity index is 416. The van der Waals surface area contributed by atoms with E-state index in [4.69, 9.17) is 5.11 Å². The van der Waals surface area contributed by atoms with Crippen LogP contribution in [0, 0.1) is 6.92 Å². The zero-order chi connectivity index (χ0) is 12.1. The Morgan fingerprint density at radius 1 is 1.44 bits per heavy atom. The molecule has 0 bridgehead atoms. The number of hydroxylamine groups is 1. The van der Waals surface area contributed by atoms with E-state index in [9.17, 15) is 14.7 Å². The number of phenols is 1. The minimum Gasteiger partial charge on any atom is -0.508 e. The van der Waals surface area contributed by atoms with Crippen LogP contribution >= 0.6 is 0 Å². The van der Waals surface area contributed by atoms with E-state index in [1.807, 2.05) is 5.48 Å². The van der Waals surface area contributed by atoms with E-state index < -0.39 is 18.5 Å². The van der Waals surface area contributed by atoms with Crippen LogP contribution in [0.1, 0.15) is 15.9 Å². The van der Waals surface area contributed by atoms with Crippen molar-refractivity contribution in [3.05, 3.63) is 29.3 Å². The van der Waals surface area contributed by atoms with Crippen LogP contribution in [-0.2, 0) is 9.63 Å². The zero-order valence-electron chi connectivity index (χ0n) is 8.56. The summed E-state index contributed by atoms with van der Waals surface area (Å²) in [5, 5.41) is 17.5. The molecule has 0 heterocycles. The number of aryl methyl sites for hydroxylation is 1. The van der Waals surface area contributed by atoms with Crippen LogP contribution in [0.15, 0.2) is 18.2 Å². The number of aromatic hydroxyl groups is 1. The first-order valence-electron chi connectivity index (χ1n) is 4.44. The fourth-order valence-electron chi connectivity index (χ4n) is 1.02. The average Bonchev–Trinajstić information content (AvgIpc) is 2.21. The number of amides is 1. The Labute approximate surface area is 91.4 Å². The third-order valence-corrected chi connectivity index (χ3v) is 1.82. The van der Waals surface area contributed by atoms with Crippen molar-refractivity contribution in [2.24, 2.45) is 0 Å². The maximum atomic E-state index is 11.4. The number of hydrogen-bond acceptors (Lipinski definition) is 4. The first-order chi connectivity index (χ1) is 7.50. The second-order valence-electron chi connectivity index (χ2n) is 3.11. The third kappa shape index (κ3) is 3.25. The molecule has 1 amide bonds. The molecule has 6 nitrogen and oxygen atoms in total. The molecule has 1 rings (SSSR count). The molecule has 0 fully saturated rings. The molecule has 16 heavy (non-hydrogen) atoms. The predicted molar refractivity (Wildman–Crippen MR) is 53.9 cm³/mol. The summed E-state index contributed by atoms with van der Waals surface area (Å²) in [5.74, 6) is -1.66. The van der Waals surface area contributed by atoms with Gasteiger partial charge in [0.1, 0.15) is 5.75 Å². The molecule has 0 aliphatic carbocycles. The monoisotopic (exact) mass is 225 g/mol. The fourth-order valence-corrected chi connectivity index (χ4v) is 1.02. The van der Waals surface area contributed by atoms with E-state index in [1.54, 1.807) is 6.92 Å². The van der Waals surface area contributed by atoms with E-state index in [1.165, 1.54) is 18.2 Å². The van der Waals surface area contributed by atoms with E-state index in [0.29, 0.717) is 5.56 Å². The molecule has 0 unspecified atom stereocenters. The van der Waals surface area contributed by atoms with Gasteiger partial charge in [0.15, 0.2) is 6.61 Å². The minimum atomic E-state index is -1.18. The molecule has 6 heteroatoms. The van der Waals surface area contributed by atoms with Gasteiger partial charge >= 0.3 is 5.97 Å². The number of phenolic OH excluding ortho intramolecular Hbond substituents is 1. The highest BCUT2D eigenvalue weighted by atomic mass is 16.7. The maximum absolute atomic E-state index is 11.4. The number of carbonyl (C=O) groups is 2. The molecule has 0 aromatic heterocycles. The van der Waals surface area contributed by atoms with Crippen LogP contribution in [0.2, 0.25) is 0 Å². The van der Waals surface area contributed by atoms with Gasteiger partial charge in [0.05, 0.1) is 0 Å². The Balaban J connectivity index is 2.59. The summed E-state index contributed by atoms with van der Waals surface area (Å²) in [6.45, 7) is 1.03. The number of carboxylic acid groups (broad SMARTS) is 1. The smallest absolute Gasteiger partial charge is 0.332 e. The number of aliphatic carboxylic acids is 1. The van der Waals surface area contributed by atoms with Gasteiger partial charge in [0.25, 0.3) is 5.91 Å². The quantitative estimate of drug-likeness (QED) is 0.646. The van der Waals surface area contributed by atoms with Gasteiger partial charge in [-0.15, -0.1) is 0 Å². The molecule has 0 aliphatic rings. The van der Waals surface area contributed by atoms with Crippen LogP contribution < -0.4 is 5.48 Å².